The lowest BCUT2D eigenvalue weighted by Crippen LogP contribution is -2.47. The van der Waals surface area contributed by atoms with Crippen LogP contribution in [0, 0.1) is 13.8 Å². The number of nitrogens with one attached hydrogen (secondary N) is 1. The van der Waals surface area contributed by atoms with E-state index in [0.717, 1.165) is 11.4 Å². The van der Waals surface area contributed by atoms with Crippen LogP contribution in [0.25, 0.3) is 0 Å². The molecule has 26 heavy (non-hydrogen) atoms. The van der Waals surface area contributed by atoms with Crippen LogP contribution in [0.2, 0.25) is 0 Å². The molecule has 1 aromatic heterocycles. The van der Waals surface area contributed by atoms with Crippen LogP contribution in [-0.2, 0) is 21.4 Å². The van der Waals surface area contributed by atoms with Gasteiger partial charge in [0.1, 0.15) is 6.54 Å². The van der Waals surface area contributed by atoms with Gasteiger partial charge in [0.2, 0.25) is 15.9 Å². The van der Waals surface area contributed by atoms with Crippen molar-refractivity contribution in [1.29, 1.82) is 0 Å². The highest BCUT2D eigenvalue weighted by molar-refractivity contribution is 7.89. The monoisotopic (exact) mass is 376 g/mol. The molecule has 1 N–H and O–H groups in total. The largest absolute Gasteiger partial charge is 0.341 e. The number of amides is 1. The summed E-state index contributed by atoms with van der Waals surface area (Å²) in [6.07, 6.45) is 1.21. The minimum Gasteiger partial charge on any atom is -0.341 e. The minimum absolute atomic E-state index is 0.0144. The topological polar surface area (TPSA) is 84.3 Å². The molecule has 1 aromatic carbocycles. The van der Waals surface area contributed by atoms with Crippen molar-refractivity contribution in [3.8, 4) is 0 Å². The number of hydrogen-bond donors (Lipinski definition) is 1. The third-order valence-corrected chi connectivity index (χ3v) is 6.15. The summed E-state index contributed by atoms with van der Waals surface area (Å²) in [5.74, 6) is 0.0144. The van der Waals surface area contributed by atoms with E-state index in [1.165, 1.54) is 0 Å². The quantitative estimate of drug-likeness (QED) is 0.856. The number of sulfonamides is 1. The Labute approximate surface area is 154 Å². The van der Waals surface area contributed by atoms with Crippen LogP contribution in [0.5, 0.6) is 0 Å². The Morgan fingerprint density at radius 2 is 1.85 bits per heavy atom. The van der Waals surface area contributed by atoms with Gasteiger partial charge in [0.25, 0.3) is 0 Å². The van der Waals surface area contributed by atoms with Crippen LogP contribution >= 0.6 is 0 Å². The van der Waals surface area contributed by atoms with Crippen LogP contribution in [-0.4, -0.2) is 48.1 Å². The maximum atomic E-state index is 12.5. The van der Waals surface area contributed by atoms with Gasteiger partial charge in [0.15, 0.2) is 0 Å². The Bertz CT molecular complexity index is 869. The molecule has 0 bridgehead atoms. The number of carbonyl (C=O) groups is 1. The van der Waals surface area contributed by atoms with Crippen molar-refractivity contribution in [3.63, 3.8) is 0 Å². The van der Waals surface area contributed by atoms with E-state index in [2.05, 4.69) is 9.82 Å². The van der Waals surface area contributed by atoms with Gasteiger partial charge in [0.05, 0.1) is 10.6 Å². The smallest absolute Gasteiger partial charge is 0.244 e. The zero-order valence-corrected chi connectivity index (χ0v) is 15.9. The lowest BCUT2D eigenvalue weighted by atomic mass is 10.1. The average Bonchev–Trinajstić information content (AvgIpc) is 2.93. The number of likely N-dealkylation sites (tertiary alicyclic amines) is 1. The van der Waals surface area contributed by atoms with Crippen molar-refractivity contribution in [2.24, 2.45) is 0 Å². The SMILES string of the molecule is Cc1cc(C)n(CC(=O)N2CCC(NS(=O)(=O)c3ccccc3)CC2)n1. The number of rotatable bonds is 5. The van der Waals surface area contributed by atoms with Gasteiger partial charge in [-0.3, -0.25) is 9.48 Å². The highest BCUT2D eigenvalue weighted by Crippen LogP contribution is 2.15. The summed E-state index contributed by atoms with van der Waals surface area (Å²) in [6.45, 7) is 5.14. The first-order chi connectivity index (χ1) is 12.3. The Kier molecular flexibility index (Phi) is 5.43. The van der Waals surface area contributed by atoms with E-state index in [4.69, 9.17) is 0 Å². The van der Waals surface area contributed by atoms with Gasteiger partial charge in [0, 0.05) is 24.8 Å². The van der Waals surface area contributed by atoms with Crippen LogP contribution in [0.1, 0.15) is 24.2 Å². The van der Waals surface area contributed by atoms with Crippen molar-refractivity contribution in [2.75, 3.05) is 13.1 Å². The normalized spacial score (nSPS) is 16.0. The second-order valence-corrected chi connectivity index (χ2v) is 8.39. The maximum Gasteiger partial charge on any atom is 0.244 e. The van der Waals surface area contributed by atoms with Gasteiger partial charge in [-0.1, -0.05) is 18.2 Å². The van der Waals surface area contributed by atoms with Crippen LogP contribution < -0.4 is 4.72 Å². The number of aromatic nitrogens is 2. The van der Waals surface area contributed by atoms with Gasteiger partial charge >= 0.3 is 0 Å². The molecule has 2 aromatic rings. The Balaban J connectivity index is 1.54. The fourth-order valence-electron chi connectivity index (χ4n) is 3.20. The van der Waals surface area contributed by atoms with E-state index < -0.39 is 10.0 Å². The minimum atomic E-state index is -3.52. The molecule has 3 rings (SSSR count). The van der Waals surface area contributed by atoms with E-state index in [1.54, 1.807) is 39.9 Å². The lowest BCUT2D eigenvalue weighted by Gasteiger charge is -2.32. The molecule has 1 fully saturated rings. The summed E-state index contributed by atoms with van der Waals surface area (Å²) in [7, 11) is -3.52. The fourth-order valence-corrected chi connectivity index (χ4v) is 4.52. The Morgan fingerprint density at radius 3 is 2.42 bits per heavy atom. The van der Waals surface area contributed by atoms with Crippen LogP contribution in [0.3, 0.4) is 0 Å². The molecule has 140 valence electrons. The maximum absolute atomic E-state index is 12.5. The molecular weight excluding hydrogens is 352 g/mol. The molecule has 2 heterocycles. The number of carbonyl (C=O) groups excluding carboxylic acids is 1. The molecule has 0 unspecified atom stereocenters. The molecule has 0 atom stereocenters. The van der Waals surface area contributed by atoms with E-state index in [1.807, 2.05) is 19.9 Å². The summed E-state index contributed by atoms with van der Waals surface area (Å²) < 4.78 is 29.2. The third-order valence-electron chi connectivity index (χ3n) is 4.61. The molecule has 1 aliphatic rings. The van der Waals surface area contributed by atoms with E-state index in [9.17, 15) is 13.2 Å². The first kappa shape index (κ1) is 18.6. The molecule has 7 nitrogen and oxygen atoms in total. The standard InChI is InChI=1S/C18H24N4O3S/c1-14-12-15(2)22(19-14)13-18(23)21-10-8-16(9-11-21)20-26(24,25)17-6-4-3-5-7-17/h3-7,12,16,20H,8-11,13H2,1-2H3. The van der Waals surface area contributed by atoms with Crippen molar-refractivity contribution >= 4 is 15.9 Å². The molecular formula is C18H24N4O3S. The first-order valence-corrected chi connectivity index (χ1v) is 10.2. The molecule has 0 spiro atoms. The molecule has 0 saturated carbocycles. The fraction of sp³-hybridized carbons (Fsp3) is 0.444. The van der Waals surface area contributed by atoms with E-state index in [0.29, 0.717) is 25.9 Å². The zero-order chi connectivity index (χ0) is 18.7. The average molecular weight is 376 g/mol. The summed E-state index contributed by atoms with van der Waals surface area (Å²) in [5.41, 5.74) is 1.85. The lowest BCUT2D eigenvalue weighted by molar-refractivity contribution is -0.133. The predicted molar refractivity (Wildman–Crippen MR) is 98.1 cm³/mol. The second kappa shape index (κ2) is 7.59. The number of hydrogen-bond acceptors (Lipinski definition) is 4. The number of nitrogens with zero attached hydrogens (tertiary/aromatic N) is 3. The van der Waals surface area contributed by atoms with Gasteiger partial charge in [-0.05, 0) is 44.9 Å². The molecule has 8 heteroatoms. The Morgan fingerprint density at radius 1 is 1.19 bits per heavy atom. The second-order valence-electron chi connectivity index (χ2n) is 6.67. The molecule has 1 aliphatic heterocycles. The van der Waals surface area contributed by atoms with Crippen molar-refractivity contribution in [2.45, 2.75) is 44.2 Å². The highest BCUT2D eigenvalue weighted by atomic mass is 32.2. The number of aryl methyl sites for hydroxylation is 2. The van der Waals surface area contributed by atoms with Gasteiger partial charge in [-0.25, -0.2) is 13.1 Å². The Hall–Kier alpha value is -2.19. The number of benzene rings is 1. The van der Waals surface area contributed by atoms with Crippen LogP contribution in [0.15, 0.2) is 41.3 Å². The van der Waals surface area contributed by atoms with Crippen molar-refractivity contribution < 1.29 is 13.2 Å². The summed E-state index contributed by atoms with van der Waals surface area (Å²) in [4.78, 5) is 14.5. The van der Waals surface area contributed by atoms with Crippen molar-refractivity contribution in [3.05, 3.63) is 47.8 Å². The highest BCUT2D eigenvalue weighted by Gasteiger charge is 2.26. The first-order valence-electron chi connectivity index (χ1n) is 8.71. The van der Waals surface area contributed by atoms with Gasteiger partial charge in [-0.15, -0.1) is 0 Å². The summed E-state index contributed by atoms with van der Waals surface area (Å²) >= 11 is 0. The molecule has 1 saturated heterocycles. The van der Waals surface area contributed by atoms with Crippen LogP contribution in [0.4, 0.5) is 0 Å². The predicted octanol–water partition coefficient (Wildman–Crippen LogP) is 1.47. The van der Waals surface area contributed by atoms with Gasteiger partial charge < -0.3 is 4.90 Å². The molecule has 0 aliphatic carbocycles. The summed E-state index contributed by atoms with van der Waals surface area (Å²) in [6, 6.07) is 10.1. The molecule has 1 amide bonds. The third kappa shape index (κ3) is 4.31. The summed E-state index contributed by atoms with van der Waals surface area (Å²) in [5, 5.41) is 4.32. The van der Waals surface area contributed by atoms with Gasteiger partial charge in [-0.2, -0.15) is 5.10 Å². The number of piperidine rings is 1. The van der Waals surface area contributed by atoms with E-state index in [-0.39, 0.29) is 23.4 Å². The zero-order valence-electron chi connectivity index (χ0n) is 15.1. The van der Waals surface area contributed by atoms with Crippen molar-refractivity contribution in [1.82, 2.24) is 19.4 Å². The van der Waals surface area contributed by atoms with E-state index >= 15 is 0 Å². The molecule has 0 radical (unpaired) electrons.